The van der Waals surface area contributed by atoms with Gasteiger partial charge in [0.1, 0.15) is 0 Å². The second kappa shape index (κ2) is 6.59. The molecule has 0 aromatic carbocycles. The van der Waals surface area contributed by atoms with Crippen LogP contribution in [0.3, 0.4) is 0 Å². The number of carbonyl (C=O) groups is 2. The fourth-order valence-electron chi connectivity index (χ4n) is 2.18. The first-order valence-electron chi connectivity index (χ1n) is 6.31. The largest absolute Gasteiger partial charge is 0.369 e. The molecule has 2 amide bonds. The molecule has 0 bridgehead atoms. The van der Waals surface area contributed by atoms with Crippen molar-refractivity contribution in [2.24, 2.45) is 23.3 Å². The van der Waals surface area contributed by atoms with Gasteiger partial charge in [-0.25, -0.2) is 0 Å². The molecule has 1 aliphatic rings. The summed E-state index contributed by atoms with van der Waals surface area (Å²) in [6.07, 6.45) is 3.08. The van der Waals surface area contributed by atoms with E-state index >= 15 is 0 Å². The fourth-order valence-corrected chi connectivity index (χ4v) is 2.18. The first-order chi connectivity index (χ1) is 8.04. The molecule has 1 fully saturated rings. The van der Waals surface area contributed by atoms with Gasteiger partial charge in [-0.3, -0.25) is 9.59 Å². The Morgan fingerprint density at radius 1 is 1.41 bits per heavy atom. The van der Waals surface area contributed by atoms with Gasteiger partial charge in [-0.15, -0.1) is 0 Å². The number of carbonyl (C=O) groups excluding carboxylic acids is 2. The standard InChI is InChI=1S/C12H23N3O2/c1-9(4-6-13)2-3-11(16)15-7-5-10(8-15)12(14)17/h9-10H,2-8,13H2,1H3,(H2,14,17). The van der Waals surface area contributed by atoms with Crippen LogP contribution in [-0.2, 0) is 9.59 Å². The van der Waals surface area contributed by atoms with Gasteiger partial charge in [-0.1, -0.05) is 6.92 Å². The maximum atomic E-state index is 11.9. The van der Waals surface area contributed by atoms with Crippen LogP contribution in [0.2, 0.25) is 0 Å². The van der Waals surface area contributed by atoms with Gasteiger partial charge in [-0.2, -0.15) is 0 Å². The number of nitrogens with two attached hydrogens (primary N) is 2. The van der Waals surface area contributed by atoms with Crippen LogP contribution in [0, 0.1) is 11.8 Å². The Labute approximate surface area is 103 Å². The minimum atomic E-state index is -0.295. The van der Waals surface area contributed by atoms with E-state index in [0.717, 1.165) is 12.8 Å². The summed E-state index contributed by atoms with van der Waals surface area (Å²) in [6, 6.07) is 0. The van der Waals surface area contributed by atoms with Gasteiger partial charge in [0.05, 0.1) is 5.92 Å². The van der Waals surface area contributed by atoms with Crippen molar-refractivity contribution in [2.45, 2.75) is 32.6 Å². The van der Waals surface area contributed by atoms with Gasteiger partial charge in [0.25, 0.3) is 0 Å². The first-order valence-corrected chi connectivity index (χ1v) is 6.31. The van der Waals surface area contributed by atoms with Crippen LogP contribution in [0.4, 0.5) is 0 Å². The van der Waals surface area contributed by atoms with Crippen LogP contribution in [0.15, 0.2) is 0 Å². The minimum absolute atomic E-state index is 0.137. The van der Waals surface area contributed by atoms with E-state index in [0.29, 0.717) is 38.4 Å². The van der Waals surface area contributed by atoms with Gasteiger partial charge < -0.3 is 16.4 Å². The summed E-state index contributed by atoms with van der Waals surface area (Å²) in [6.45, 7) is 3.94. The summed E-state index contributed by atoms with van der Waals surface area (Å²) < 4.78 is 0. The van der Waals surface area contributed by atoms with Gasteiger partial charge in [0.15, 0.2) is 0 Å². The van der Waals surface area contributed by atoms with Gasteiger partial charge in [-0.05, 0) is 31.7 Å². The molecular formula is C12H23N3O2. The third-order valence-corrected chi connectivity index (χ3v) is 3.45. The zero-order valence-electron chi connectivity index (χ0n) is 10.5. The Kier molecular flexibility index (Phi) is 5.41. The van der Waals surface area contributed by atoms with E-state index in [1.54, 1.807) is 4.90 Å². The van der Waals surface area contributed by atoms with E-state index in [1.165, 1.54) is 0 Å². The van der Waals surface area contributed by atoms with Crippen molar-refractivity contribution in [3.8, 4) is 0 Å². The average molecular weight is 241 g/mol. The van der Waals surface area contributed by atoms with E-state index in [2.05, 4.69) is 6.92 Å². The van der Waals surface area contributed by atoms with Crippen molar-refractivity contribution in [3.05, 3.63) is 0 Å². The molecule has 0 radical (unpaired) electrons. The number of likely N-dealkylation sites (tertiary alicyclic amines) is 1. The molecule has 0 aromatic heterocycles. The zero-order chi connectivity index (χ0) is 12.8. The SMILES string of the molecule is CC(CCN)CCC(=O)N1CCC(C(N)=O)C1. The summed E-state index contributed by atoms with van der Waals surface area (Å²) in [5.74, 6) is 0.174. The smallest absolute Gasteiger partial charge is 0.222 e. The second-order valence-corrected chi connectivity index (χ2v) is 4.95. The van der Waals surface area contributed by atoms with Crippen molar-refractivity contribution in [3.63, 3.8) is 0 Å². The van der Waals surface area contributed by atoms with Crippen LogP contribution in [0.25, 0.3) is 0 Å². The molecular weight excluding hydrogens is 218 g/mol. The molecule has 1 rings (SSSR count). The van der Waals surface area contributed by atoms with E-state index < -0.39 is 0 Å². The van der Waals surface area contributed by atoms with Crippen LogP contribution in [-0.4, -0.2) is 36.3 Å². The predicted molar refractivity (Wildman–Crippen MR) is 66.0 cm³/mol. The Balaban J connectivity index is 2.27. The number of amides is 2. The van der Waals surface area contributed by atoms with Crippen molar-refractivity contribution >= 4 is 11.8 Å². The summed E-state index contributed by atoms with van der Waals surface area (Å²) >= 11 is 0. The van der Waals surface area contributed by atoms with Gasteiger partial charge in [0, 0.05) is 19.5 Å². The molecule has 5 heteroatoms. The topological polar surface area (TPSA) is 89.4 Å². The summed E-state index contributed by atoms with van der Waals surface area (Å²) in [5.41, 5.74) is 10.7. The Morgan fingerprint density at radius 3 is 2.65 bits per heavy atom. The minimum Gasteiger partial charge on any atom is -0.369 e. The van der Waals surface area contributed by atoms with Crippen LogP contribution in [0.1, 0.15) is 32.6 Å². The molecule has 2 atom stereocenters. The van der Waals surface area contributed by atoms with Crippen molar-refractivity contribution < 1.29 is 9.59 Å². The maximum absolute atomic E-state index is 11.9. The third kappa shape index (κ3) is 4.34. The molecule has 0 saturated carbocycles. The Morgan fingerprint density at radius 2 is 2.12 bits per heavy atom. The highest BCUT2D eigenvalue weighted by atomic mass is 16.2. The highest BCUT2D eigenvalue weighted by Crippen LogP contribution is 2.18. The molecule has 17 heavy (non-hydrogen) atoms. The van der Waals surface area contributed by atoms with Crippen LogP contribution in [0.5, 0.6) is 0 Å². The lowest BCUT2D eigenvalue weighted by molar-refractivity contribution is -0.130. The molecule has 1 saturated heterocycles. The molecule has 1 aliphatic heterocycles. The lowest BCUT2D eigenvalue weighted by Gasteiger charge is -2.17. The molecule has 5 nitrogen and oxygen atoms in total. The third-order valence-electron chi connectivity index (χ3n) is 3.45. The molecule has 98 valence electrons. The van der Waals surface area contributed by atoms with Crippen LogP contribution >= 0.6 is 0 Å². The van der Waals surface area contributed by atoms with Gasteiger partial charge in [0.2, 0.25) is 11.8 Å². The number of nitrogens with zero attached hydrogens (tertiary/aromatic N) is 1. The highest BCUT2D eigenvalue weighted by molar-refractivity contribution is 5.81. The lowest BCUT2D eigenvalue weighted by atomic mass is 10.0. The summed E-state index contributed by atoms with van der Waals surface area (Å²) in [4.78, 5) is 24.6. The van der Waals surface area contributed by atoms with Crippen molar-refractivity contribution in [1.82, 2.24) is 4.90 Å². The number of hydrogen-bond donors (Lipinski definition) is 2. The normalized spacial score (nSPS) is 21.5. The van der Waals surface area contributed by atoms with Crippen molar-refractivity contribution in [1.29, 1.82) is 0 Å². The van der Waals surface area contributed by atoms with E-state index in [1.807, 2.05) is 0 Å². The van der Waals surface area contributed by atoms with Crippen molar-refractivity contribution in [2.75, 3.05) is 19.6 Å². The van der Waals surface area contributed by atoms with Crippen LogP contribution < -0.4 is 11.5 Å². The van der Waals surface area contributed by atoms with E-state index in [4.69, 9.17) is 11.5 Å². The molecule has 0 spiro atoms. The second-order valence-electron chi connectivity index (χ2n) is 4.95. The predicted octanol–water partition coefficient (Wildman–Crippen LogP) is 0.0853. The van der Waals surface area contributed by atoms with E-state index in [-0.39, 0.29) is 17.7 Å². The van der Waals surface area contributed by atoms with E-state index in [9.17, 15) is 9.59 Å². The number of primary amides is 1. The van der Waals surface area contributed by atoms with Gasteiger partial charge >= 0.3 is 0 Å². The highest BCUT2D eigenvalue weighted by Gasteiger charge is 2.29. The average Bonchev–Trinajstić information content (AvgIpc) is 2.75. The Hall–Kier alpha value is -1.10. The lowest BCUT2D eigenvalue weighted by Crippen LogP contribution is -2.31. The Bertz CT molecular complexity index is 281. The molecule has 2 unspecified atom stereocenters. The zero-order valence-corrected chi connectivity index (χ0v) is 10.5. The molecule has 0 aliphatic carbocycles. The molecule has 4 N–H and O–H groups in total. The quantitative estimate of drug-likeness (QED) is 0.690. The summed E-state index contributed by atoms with van der Waals surface area (Å²) in [7, 11) is 0. The first kappa shape index (κ1) is 14.0. The maximum Gasteiger partial charge on any atom is 0.222 e. The monoisotopic (exact) mass is 241 g/mol. The number of hydrogen-bond acceptors (Lipinski definition) is 3. The molecule has 0 aromatic rings. The molecule has 1 heterocycles. The number of rotatable bonds is 6. The summed E-state index contributed by atoms with van der Waals surface area (Å²) in [5, 5.41) is 0. The fraction of sp³-hybridized carbons (Fsp3) is 0.833.